The van der Waals surface area contributed by atoms with E-state index in [9.17, 15) is 0 Å². The molecule has 3 nitrogen and oxygen atoms in total. The van der Waals surface area contributed by atoms with Crippen molar-refractivity contribution in [1.82, 2.24) is 0 Å². The van der Waals surface area contributed by atoms with E-state index < -0.39 is 5.60 Å². The zero-order valence-corrected chi connectivity index (χ0v) is 30.2. The van der Waals surface area contributed by atoms with Crippen LogP contribution in [0.4, 0.5) is 5.69 Å². The summed E-state index contributed by atoms with van der Waals surface area (Å²) in [6, 6.07) is 44.4. The minimum absolute atomic E-state index is 0.0992. The van der Waals surface area contributed by atoms with Crippen molar-refractivity contribution in [2.75, 3.05) is 26.1 Å². The topological polar surface area (TPSA) is 21.7 Å². The first kappa shape index (κ1) is 31.7. The van der Waals surface area contributed by atoms with Crippen LogP contribution < -0.4 is 14.4 Å². The molecule has 6 aromatic rings. The van der Waals surface area contributed by atoms with E-state index in [0.717, 1.165) is 33.7 Å². The van der Waals surface area contributed by atoms with Gasteiger partial charge in [-0.2, -0.15) is 0 Å². The summed E-state index contributed by atoms with van der Waals surface area (Å²) in [4.78, 5) is 2.14. The fourth-order valence-corrected chi connectivity index (χ4v) is 9.30. The number of methoxy groups -OCH3 is 1. The third kappa shape index (κ3) is 4.85. The van der Waals surface area contributed by atoms with Crippen LogP contribution in [0.3, 0.4) is 0 Å². The molecule has 9 rings (SSSR count). The lowest BCUT2D eigenvalue weighted by atomic mass is 9.67. The van der Waals surface area contributed by atoms with Crippen molar-refractivity contribution in [2.45, 2.75) is 56.0 Å². The largest absolute Gasteiger partial charge is 0.497 e. The highest BCUT2D eigenvalue weighted by molar-refractivity contribution is 6.07. The number of ether oxygens (including phenoxy) is 2. The first-order valence-corrected chi connectivity index (χ1v) is 18.4. The molecular formula is C48H45NO2. The summed E-state index contributed by atoms with van der Waals surface area (Å²) in [5.41, 5.74) is 12.1. The molecule has 3 aliphatic rings. The molecule has 0 saturated heterocycles. The van der Waals surface area contributed by atoms with Crippen LogP contribution in [0.15, 0.2) is 127 Å². The molecule has 2 aliphatic carbocycles. The Kier molecular flexibility index (Phi) is 7.40. The van der Waals surface area contributed by atoms with Gasteiger partial charge in [0.05, 0.1) is 7.11 Å². The van der Waals surface area contributed by atoms with E-state index in [-0.39, 0.29) is 5.41 Å². The summed E-state index contributed by atoms with van der Waals surface area (Å²) in [6.07, 6.45) is 8.32. The summed E-state index contributed by atoms with van der Waals surface area (Å²) >= 11 is 0. The fraction of sp³-hybridized carbons (Fsp3) is 0.250. The van der Waals surface area contributed by atoms with Gasteiger partial charge >= 0.3 is 0 Å². The quantitative estimate of drug-likeness (QED) is 0.176. The van der Waals surface area contributed by atoms with Crippen molar-refractivity contribution in [3.05, 3.63) is 166 Å². The Balaban J connectivity index is 1.29. The molecule has 0 amide bonds. The number of nitrogens with zero attached hydrogens (tertiary/aromatic N) is 1. The lowest BCUT2D eigenvalue weighted by molar-refractivity contribution is 0.163. The van der Waals surface area contributed by atoms with Gasteiger partial charge in [0.15, 0.2) is 5.60 Å². The molecule has 1 aliphatic heterocycles. The molecular weight excluding hydrogens is 623 g/mol. The lowest BCUT2D eigenvalue weighted by Crippen LogP contribution is -2.35. The first-order valence-electron chi connectivity index (χ1n) is 18.4. The average Bonchev–Trinajstić information content (AvgIpc) is 3.68. The number of hydrogen-bond donors (Lipinski definition) is 0. The van der Waals surface area contributed by atoms with Crippen LogP contribution in [0.2, 0.25) is 0 Å². The molecule has 6 aromatic carbocycles. The van der Waals surface area contributed by atoms with Crippen LogP contribution in [-0.2, 0) is 11.0 Å². The van der Waals surface area contributed by atoms with Crippen LogP contribution in [0.1, 0.15) is 83.9 Å². The molecule has 51 heavy (non-hydrogen) atoms. The van der Waals surface area contributed by atoms with Crippen LogP contribution in [0.5, 0.6) is 11.5 Å². The summed E-state index contributed by atoms with van der Waals surface area (Å²) in [7, 11) is 5.91. The third-order valence-corrected chi connectivity index (χ3v) is 12.1. The highest BCUT2D eigenvalue weighted by Crippen LogP contribution is 2.61. The van der Waals surface area contributed by atoms with Crippen LogP contribution in [0.25, 0.3) is 28.0 Å². The van der Waals surface area contributed by atoms with E-state index >= 15 is 0 Å². The van der Waals surface area contributed by atoms with Gasteiger partial charge in [-0.15, -0.1) is 0 Å². The van der Waals surface area contributed by atoms with E-state index in [2.05, 4.69) is 166 Å². The Morgan fingerprint density at radius 2 is 1.43 bits per heavy atom. The van der Waals surface area contributed by atoms with Crippen LogP contribution in [-0.4, -0.2) is 21.2 Å². The van der Waals surface area contributed by atoms with Gasteiger partial charge in [-0.1, -0.05) is 117 Å². The molecule has 0 bridgehead atoms. The van der Waals surface area contributed by atoms with Crippen molar-refractivity contribution in [3.8, 4) is 22.6 Å². The van der Waals surface area contributed by atoms with Gasteiger partial charge in [0.1, 0.15) is 11.5 Å². The number of benzene rings is 6. The van der Waals surface area contributed by atoms with E-state index in [1.165, 1.54) is 63.6 Å². The maximum Gasteiger partial charge on any atom is 0.178 e. The van der Waals surface area contributed by atoms with Gasteiger partial charge in [-0.25, -0.2) is 0 Å². The Morgan fingerprint density at radius 3 is 2.16 bits per heavy atom. The van der Waals surface area contributed by atoms with Crippen LogP contribution in [0, 0.1) is 0 Å². The zero-order chi connectivity index (χ0) is 34.9. The number of anilines is 1. The van der Waals surface area contributed by atoms with E-state index in [1.54, 1.807) is 7.11 Å². The molecule has 3 atom stereocenters. The summed E-state index contributed by atoms with van der Waals surface area (Å²) in [5, 5.41) is 2.32. The summed E-state index contributed by atoms with van der Waals surface area (Å²) in [5.74, 6) is 2.69. The SMILES string of the molecule is COc1ccc2c3c(c4c(c2c1)OC(c1ccccc1)(c1ccc(N(C)C)cc1)C=C4)C1CCCC1c1cc(C(C)(C)c2ccccc2)ccc1-3. The predicted molar refractivity (Wildman–Crippen MR) is 211 cm³/mol. The number of rotatable bonds is 6. The standard InChI is InChI=1S/C48H45NO2/c1-47(2,31-13-8-6-9-14-31)34-21-25-39-42(29-34)37-17-12-18-38(37)45-41-27-28-48(32-15-10-7-11-16-32,33-19-22-35(23-20-33)49(3)4)51-46(41)43-30-36(50-5)24-26-40(43)44(39)45/h6-11,13-16,19-30,37-38H,12,17-18H2,1-5H3. The van der Waals surface area contributed by atoms with Gasteiger partial charge in [-0.3, -0.25) is 0 Å². The van der Waals surface area contributed by atoms with Gasteiger partial charge in [0, 0.05) is 47.3 Å². The van der Waals surface area contributed by atoms with Crippen molar-refractivity contribution in [2.24, 2.45) is 0 Å². The fourth-order valence-electron chi connectivity index (χ4n) is 9.30. The zero-order valence-electron chi connectivity index (χ0n) is 30.2. The van der Waals surface area contributed by atoms with E-state index in [0.29, 0.717) is 11.8 Å². The van der Waals surface area contributed by atoms with Crippen LogP contribution >= 0.6 is 0 Å². The molecule has 0 radical (unpaired) electrons. The summed E-state index contributed by atoms with van der Waals surface area (Å²) in [6.45, 7) is 4.72. The molecule has 254 valence electrons. The summed E-state index contributed by atoms with van der Waals surface area (Å²) < 4.78 is 13.4. The lowest BCUT2D eigenvalue weighted by Gasteiger charge is -2.40. The second kappa shape index (κ2) is 11.9. The first-order chi connectivity index (χ1) is 24.8. The van der Waals surface area contributed by atoms with Gasteiger partial charge in [0.25, 0.3) is 0 Å². The Labute approximate surface area is 302 Å². The third-order valence-electron chi connectivity index (χ3n) is 12.1. The van der Waals surface area contributed by atoms with Gasteiger partial charge in [0.2, 0.25) is 0 Å². The smallest absolute Gasteiger partial charge is 0.178 e. The molecule has 0 N–H and O–H groups in total. The average molecular weight is 668 g/mol. The minimum Gasteiger partial charge on any atom is -0.497 e. The van der Waals surface area contributed by atoms with Gasteiger partial charge < -0.3 is 14.4 Å². The maximum absolute atomic E-state index is 7.56. The molecule has 3 heteroatoms. The van der Waals surface area contributed by atoms with Crippen molar-refractivity contribution in [1.29, 1.82) is 0 Å². The van der Waals surface area contributed by atoms with Crippen molar-refractivity contribution >= 4 is 22.5 Å². The van der Waals surface area contributed by atoms with Crippen molar-refractivity contribution in [3.63, 3.8) is 0 Å². The second-order valence-electron chi connectivity index (χ2n) is 15.4. The van der Waals surface area contributed by atoms with E-state index in [1.807, 2.05) is 0 Å². The predicted octanol–water partition coefficient (Wildman–Crippen LogP) is 11.6. The highest BCUT2D eigenvalue weighted by Gasteiger charge is 2.44. The molecule has 3 unspecified atom stereocenters. The molecule has 1 heterocycles. The number of hydrogen-bond acceptors (Lipinski definition) is 3. The maximum atomic E-state index is 7.56. The Hall–Kier alpha value is -5.28. The van der Waals surface area contributed by atoms with Gasteiger partial charge in [-0.05, 0) is 99.9 Å². The van der Waals surface area contributed by atoms with E-state index in [4.69, 9.17) is 9.47 Å². The Bertz CT molecular complexity index is 2300. The number of fused-ring (bicyclic) bond motifs is 11. The highest BCUT2D eigenvalue weighted by atomic mass is 16.5. The normalized spacial score (nSPS) is 20.2. The molecule has 0 spiro atoms. The monoisotopic (exact) mass is 667 g/mol. The Morgan fingerprint density at radius 1 is 0.725 bits per heavy atom. The molecule has 1 fully saturated rings. The van der Waals surface area contributed by atoms with Crippen molar-refractivity contribution < 1.29 is 9.47 Å². The molecule has 1 saturated carbocycles. The minimum atomic E-state index is -0.789. The second-order valence-corrected chi connectivity index (χ2v) is 15.4. The molecule has 0 aromatic heterocycles.